The Morgan fingerprint density at radius 3 is 2.59 bits per heavy atom. The lowest BCUT2D eigenvalue weighted by atomic mass is 10.2. The molecule has 5 heteroatoms. The van der Waals surface area contributed by atoms with Gasteiger partial charge in [-0.3, -0.25) is 4.98 Å². The van der Waals surface area contributed by atoms with Gasteiger partial charge in [0, 0.05) is 6.20 Å². The van der Waals surface area contributed by atoms with Gasteiger partial charge in [-0.1, -0.05) is 18.2 Å². The number of ether oxygens (including phenoxy) is 2. The fourth-order valence-electron chi connectivity index (χ4n) is 1.21. The monoisotopic (exact) mass is 255 g/mol. The van der Waals surface area contributed by atoms with Crippen molar-refractivity contribution in [2.24, 2.45) is 0 Å². The van der Waals surface area contributed by atoms with Crippen molar-refractivity contribution in [3.63, 3.8) is 0 Å². The average Bonchev–Trinajstić information content (AvgIpc) is 2.29. The molecular weight excluding hydrogens is 242 g/mol. The first kappa shape index (κ1) is 13.5. The molecule has 0 spiro atoms. The van der Waals surface area contributed by atoms with Crippen molar-refractivity contribution in [3.05, 3.63) is 35.1 Å². The van der Waals surface area contributed by atoms with Crippen molar-refractivity contribution in [1.82, 2.24) is 4.98 Å². The molecule has 0 N–H and O–H groups in total. The van der Waals surface area contributed by atoms with Crippen LogP contribution in [0.1, 0.15) is 29.9 Å². The summed E-state index contributed by atoms with van der Waals surface area (Å²) >= 11 is 5.99. The summed E-state index contributed by atoms with van der Waals surface area (Å²) in [6.45, 7) is 8.07. The van der Waals surface area contributed by atoms with Crippen molar-refractivity contribution < 1.29 is 14.3 Å². The highest BCUT2D eigenvalue weighted by atomic mass is 35.5. The average molecular weight is 256 g/mol. The third kappa shape index (κ3) is 3.46. The van der Waals surface area contributed by atoms with Crippen LogP contribution in [0, 0.1) is 0 Å². The highest BCUT2D eigenvalue weighted by molar-refractivity contribution is 6.32. The molecule has 4 nitrogen and oxygen atoms in total. The zero-order valence-electron chi connectivity index (χ0n) is 9.83. The minimum absolute atomic E-state index is 0.309. The predicted octanol–water partition coefficient (Wildman–Crippen LogP) is 2.92. The summed E-state index contributed by atoms with van der Waals surface area (Å²) in [7, 11) is 0. The van der Waals surface area contributed by atoms with Crippen molar-refractivity contribution in [3.8, 4) is 0 Å². The Balaban J connectivity index is 2.93. The van der Waals surface area contributed by atoms with Crippen molar-refractivity contribution >= 4 is 23.3 Å². The molecule has 0 aromatic carbocycles. The van der Waals surface area contributed by atoms with E-state index >= 15 is 0 Å². The van der Waals surface area contributed by atoms with E-state index in [0.717, 1.165) is 0 Å². The van der Waals surface area contributed by atoms with Gasteiger partial charge in [-0.05, 0) is 19.9 Å². The van der Waals surface area contributed by atoms with Crippen LogP contribution in [-0.4, -0.2) is 24.2 Å². The van der Waals surface area contributed by atoms with E-state index in [1.54, 1.807) is 6.92 Å². The minimum Gasteiger partial charge on any atom is -0.492 e. The van der Waals surface area contributed by atoms with E-state index in [1.165, 1.54) is 12.3 Å². The smallest absolute Gasteiger partial charge is 0.339 e. The molecule has 1 aromatic heterocycles. The van der Waals surface area contributed by atoms with Gasteiger partial charge in [-0.15, -0.1) is 0 Å². The molecule has 0 radical (unpaired) electrons. The minimum atomic E-state index is -0.449. The van der Waals surface area contributed by atoms with Crippen molar-refractivity contribution in [2.75, 3.05) is 13.2 Å². The zero-order valence-corrected chi connectivity index (χ0v) is 10.6. The van der Waals surface area contributed by atoms with Crippen LogP contribution in [0.15, 0.2) is 18.8 Å². The number of pyridine rings is 1. The molecule has 0 atom stereocenters. The highest BCUT2D eigenvalue weighted by Crippen LogP contribution is 2.22. The molecular formula is C12H14ClNO3. The van der Waals surface area contributed by atoms with Gasteiger partial charge in [0.25, 0.3) is 0 Å². The molecule has 0 amide bonds. The number of carbonyl (C=O) groups is 1. The van der Waals surface area contributed by atoms with E-state index in [1.807, 2.05) is 6.92 Å². The van der Waals surface area contributed by atoms with Crippen LogP contribution in [0.5, 0.6) is 0 Å². The number of rotatable bonds is 5. The van der Waals surface area contributed by atoms with Gasteiger partial charge in [0.2, 0.25) is 0 Å². The Kier molecular flexibility index (Phi) is 4.97. The van der Waals surface area contributed by atoms with Gasteiger partial charge < -0.3 is 9.47 Å². The molecule has 0 bridgehead atoms. The summed E-state index contributed by atoms with van der Waals surface area (Å²) in [6, 6.07) is 1.49. The van der Waals surface area contributed by atoms with Crippen molar-refractivity contribution in [2.45, 2.75) is 13.8 Å². The van der Waals surface area contributed by atoms with Crippen LogP contribution >= 0.6 is 11.6 Å². The van der Waals surface area contributed by atoms with Crippen LogP contribution in [0.2, 0.25) is 5.02 Å². The maximum absolute atomic E-state index is 11.4. The number of hydrogen-bond donors (Lipinski definition) is 0. The second-order valence-corrected chi connectivity index (χ2v) is 3.54. The first-order chi connectivity index (χ1) is 8.10. The van der Waals surface area contributed by atoms with E-state index in [-0.39, 0.29) is 0 Å². The first-order valence-corrected chi connectivity index (χ1v) is 5.62. The third-order valence-corrected chi connectivity index (χ3v) is 2.22. The molecule has 1 aromatic rings. The second-order valence-electron chi connectivity index (χ2n) is 3.13. The van der Waals surface area contributed by atoms with Gasteiger partial charge >= 0.3 is 5.97 Å². The van der Waals surface area contributed by atoms with Crippen LogP contribution in [-0.2, 0) is 9.47 Å². The Morgan fingerprint density at radius 1 is 1.41 bits per heavy atom. The summed E-state index contributed by atoms with van der Waals surface area (Å²) in [4.78, 5) is 15.5. The molecule has 0 aliphatic rings. The Morgan fingerprint density at radius 2 is 2.06 bits per heavy atom. The number of halogens is 1. The van der Waals surface area contributed by atoms with E-state index < -0.39 is 5.97 Å². The fourth-order valence-corrected chi connectivity index (χ4v) is 1.48. The van der Waals surface area contributed by atoms with E-state index in [2.05, 4.69) is 11.6 Å². The number of esters is 1. The summed E-state index contributed by atoms with van der Waals surface area (Å²) < 4.78 is 10.0. The Bertz CT molecular complexity index is 432. The molecule has 0 aliphatic heterocycles. The summed E-state index contributed by atoms with van der Waals surface area (Å²) in [6.07, 6.45) is 1.39. The second kappa shape index (κ2) is 6.25. The number of carbonyl (C=O) groups excluding carboxylic acids is 1. The van der Waals surface area contributed by atoms with Crippen LogP contribution in [0.25, 0.3) is 5.76 Å². The molecule has 1 rings (SSSR count). The molecule has 17 heavy (non-hydrogen) atoms. The zero-order chi connectivity index (χ0) is 12.8. The molecule has 0 unspecified atom stereocenters. The van der Waals surface area contributed by atoms with Crippen LogP contribution in [0.4, 0.5) is 0 Å². The van der Waals surface area contributed by atoms with Gasteiger partial charge in [-0.25, -0.2) is 4.79 Å². The Hall–Kier alpha value is -1.55. The summed E-state index contributed by atoms with van der Waals surface area (Å²) in [5.74, 6) is -0.0663. The lowest BCUT2D eigenvalue weighted by molar-refractivity contribution is 0.0526. The number of aromatic nitrogens is 1. The SMILES string of the molecule is C=C(OCC)c1ncc(C(=O)OCC)cc1Cl. The fraction of sp³-hybridized carbons (Fsp3) is 0.333. The first-order valence-electron chi connectivity index (χ1n) is 5.24. The standard InChI is InChI=1S/C12H14ClNO3/c1-4-16-8(3)11-10(13)6-9(7-14-11)12(15)17-5-2/h6-7H,3-5H2,1-2H3. The predicted molar refractivity (Wildman–Crippen MR) is 65.9 cm³/mol. The maximum atomic E-state index is 11.4. The summed E-state index contributed by atoms with van der Waals surface area (Å²) in [5, 5.41) is 0.314. The lowest BCUT2D eigenvalue weighted by Crippen LogP contribution is -2.06. The largest absolute Gasteiger partial charge is 0.492 e. The topological polar surface area (TPSA) is 48.4 Å². The number of nitrogens with zero attached hydrogens (tertiary/aromatic N) is 1. The van der Waals surface area contributed by atoms with E-state index in [9.17, 15) is 4.79 Å². The summed E-state index contributed by atoms with van der Waals surface area (Å²) in [5.41, 5.74) is 0.742. The molecule has 0 saturated heterocycles. The Labute approximate surface area is 105 Å². The molecule has 0 fully saturated rings. The molecule has 1 heterocycles. The van der Waals surface area contributed by atoms with Gasteiger partial charge in [0.15, 0.2) is 0 Å². The quantitative estimate of drug-likeness (QED) is 0.600. The van der Waals surface area contributed by atoms with Gasteiger partial charge in [-0.2, -0.15) is 0 Å². The molecule has 0 aliphatic carbocycles. The van der Waals surface area contributed by atoms with Gasteiger partial charge in [0.1, 0.15) is 11.5 Å². The molecule has 0 saturated carbocycles. The van der Waals surface area contributed by atoms with Crippen LogP contribution < -0.4 is 0 Å². The van der Waals surface area contributed by atoms with Crippen LogP contribution in [0.3, 0.4) is 0 Å². The van der Waals surface area contributed by atoms with Gasteiger partial charge in [0.05, 0.1) is 23.8 Å². The number of hydrogen-bond acceptors (Lipinski definition) is 4. The van der Waals surface area contributed by atoms with E-state index in [4.69, 9.17) is 21.1 Å². The highest BCUT2D eigenvalue weighted by Gasteiger charge is 2.12. The van der Waals surface area contributed by atoms with E-state index in [0.29, 0.717) is 35.3 Å². The maximum Gasteiger partial charge on any atom is 0.339 e. The third-order valence-electron chi connectivity index (χ3n) is 1.94. The lowest BCUT2D eigenvalue weighted by Gasteiger charge is -2.08. The normalized spacial score (nSPS) is 9.82. The van der Waals surface area contributed by atoms with Crippen molar-refractivity contribution in [1.29, 1.82) is 0 Å². The molecule has 92 valence electrons.